The van der Waals surface area contributed by atoms with Crippen LogP contribution in [0.5, 0.6) is 0 Å². The normalized spacial score (nSPS) is 23.6. The molecule has 0 bridgehead atoms. The molecule has 2 aliphatic heterocycles. The zero-order valence-corrected chi connectivity index (χ0v) is 15.4. The average molecular weight is 422 g/mol. The Balaban J connectivity index is 1.64. The number of carbonyl (C=O) groups is 2. The predicted octanol–water partition coefficient (Wildman–Crippen LogP) is 3.85. The van der Waals surface area contributed by atoms with E-state index in [-0.39, 0.29) is 44.5 Å². The first-order valence-corrected chi connectivity index (χ1v) is 9.24. The van der Waals surface area contributed by atoms with E-state index in [2.05, 4.69) is 0 Å². The molecule has 2 amide bonds. The van der Waals surface area contributed by atoms with Crippen molar-refractivity contribution < 1.29 is 35.9 Å². The van der Waals surface area contributed by atoms with E-state index in [0.29, 0.717) is 0 Å². The van der Waals surface area contributed by atoms with Crippen molar-refractivity contribution >= 4 is 11.8 Å². The zero-order chi connectivity index (χ0) is 21.4. The molecule has 0 N–H and O–H groups in total. The van der Waals surface area contributed by atoms with Gasteiger partial charge in [-0.15, -0.1) is 0 Å². The van der Waals surface area contributed by atoms with E-state index in [4.69, 9.17) is 0 Å². The van der Waals surface area contributed by atoms with Crippen LogP contribution in [0.2, 0.25) is 0 Å². The molecular weight excluding hydrogens is 402 g/mol. The quantitative estimate of drug-likeness (QED) is 0.695. The minimum Gasteiger partial charge on any atom is -0.342 e. The molecule has 29 heavy (non-hydrogen) atoms. The summed E-state index contributed by atoms with van der Waals surface area (Å²) in [5.74, 6) is -3.25. The highest BCUT2D eigenvalue weighted by molar-refractivity contribution is 5.89. The molecule has 160 valence electrons. The molecule has 0 saturated carbocycles. The van der Waals surface area contributed by atoms with Crippen LogP contribution in [0.3, 0.4) is 0 Å². The molecule has 0 radical (unpaired) electrons. The first-order chi connectivity index (χ1) is 13.4. The van der Waals surface area contributed by atoms with E-state index in [1.807, 2.05) is 0 Å². The van der Waals surface area contributed by atoms with Gasteiger partial charge in [-0.3, -0.25) is 9.59 Å². The van der Waals surface area contributed by atoms with Crippen molar-refractivity contribution in [1.29, 1.82) is 0 Å². The van der Waals surface area contributed by atoms with Crippen LogP contribution in [0.25, 0.3) is 0 Å². The fourth-order valence-electron chi connectivity index (χ4n) is 3.86. The third kappa shape index (κ3) is 5.02. The van der Waals surface area contributed by atoms with Crippen LogP contribution in [0.4, 0.5) is 26.3 Å². The molecule has 10 heteroatoms. The lowest BCUT2D eigenvalue weighted by molar-refractivity contribution is -0.188. The topological polar surface area (TPSA) is 40.6 Å². The summed E-state index contributed by atoms with van der Waals surface area (Å²) in [6, 6.07) is 4.57. The van der Waals surface area contributed by atoms with E-state index < -0.39 is 48.1 Å². The van der Waals surface area contributed by atoms with Crippen molar-refractivity contribution in [3.05, 3.63) is 35.4 Å². The van der Waals surface area contributed by atoms with E-state index in [1.54, 1.807) is 0 Å². The fourth-order valence-corrected chi connectivity index (χ4v) is 3.86. The van der Waals surface area contributed by atoms with Gasteiger partial charge in [0.1, 0.15) is 0 Å². The minimum absolute atomic E-state index is 0.0128. The molecule has 2 aliphatic rings. The van der Waals surface area contributed by atoms with Crippen molar-refractivity contribution in [1.82, 2.24) is 9.80 Å². The fraction of sp³-hybridized carbons (Fsp3) is 0.579. The molecule has 2 heterocycles. The molecule has 1 aromatic rings. The molecule has 4 nitrogen and oxygen atoms in total. The molecule has 2 saturated heterocycles. The van der Waals surface area contributed by atoms with Gasteiger partial charge in [-0.25, -0.2) is 0 Å². The Morgan fingerprint density at radius 1 is 1.10 bits per heavy atom. The van der Waals surface area contributed by atoms with E-state index in [9.17, 15) is 35.9 Å². The maximum absolute atomic E-state index is 13.0. The number of rotatable bonds is 3. The van der Waals surface area contributed by atoms with Gasteiger partial charge in [-0.05, 0) is 30.5 Å². The summed E-state index contributed by atoms with van der Waals surface area (Å²) in [5.41, 5.74) is -0.558. The van der Waals surface area contributed by atoms with Crippen molar-refractivity contribution in [3.8, 4) is 0 Å². The highest BCUT2D eigenvalue weighted by Gasteiger charge is 2.44. The van der Waals surface area contributed by atoms with Crippen molar-refractivity contribution in [2.75, 3.05) is 19.6 Å². The Bertz CT molecular complexity index is 777. The number of hydrogen-bond acceptors (Lipinski definition) is 2. The first-order valence-electron chi connectivity index (χ1n) is 9.24. The minimum atomic E-state index is -4.51. The third-order valence-corrected chi connectivity index (χ3v) is 5.39. The number of amides is 2. The van der Waals surface area contributed by atoms with E-state index >= 15 is 0 Å². The molecule has 0 unspecified atom stereocenters. The van der Waals surface area contributed by atoms with Crippen molar-refractivity contribution in [2.24, 2.45) is 11.8 Å². The smallest absolute Gasteiger partial charge is 0.342 e. The van der Waals surface area contributed by atoms with E-state index in [1.165, 1.54) is 17.0 Å². The van der Waals surface area contributed by atoms with Crippen LogP contribution in [0.15, 0.2) is 24.3 Å². The number of piperidine rings is 1. The van der Waals surface area contributed by atoms with Gasteiger partial charge in [-0.1, -0.05) is 12.1 Å². The maximum Gasteiger partial charge on any atom is 0.416 e. The lowest BCUT2D eigenvalue weighted by Gasteiger charge is -2.35. The summed E-state index contributed by atoms with van der Waals surface area (Å²) in [5, 5.41) is 0. The second-order valence-corrected chi connectivity index (χ2v) is 7.54. The van der Waals surface area contributed by atoms with Crippen LogP contribution in [0, 0.1) is 11.8 Å². The van der Waals surface area contributed by atoms with Crippen LogP contribution >= 0.6 is 0 Å². The number of hydrogen-bond donors (Lipinski definition) is 0. The van der Waals surface area contributed by atoms with Gasteiger partial charge < -0.3 is 9.80 Å². The highest BCUT2D eigenvalue weighted by Crippen LogP contribution is 2.34. The summed E-state index contributed by atoms with van der Waals surface area (Å²) in [6.45, 7) is -0.302. The van der Waals surface area contributed by atoms with Gasteiger partial charge in [0.2, 0.25) is 11.8 Å². The molecule has 2 fully saturated rings. The summed E-state index contributed by atoms with van der Waals surface area (Å²) < 4.78 is 77.4. The lowest BCUT2D eigenvalue weighted by atomic mass is 9.96. The van der Waals surface area contributed by atoms with Gasteiger partial charge in [0, 0.05) is 32.6 Å². The average Bonchev–Trinajstić information content (AvgIpc) is 3.00. The second kappa shape index (κ2) is 7.87. The molecule has 2 atom stereocenters. The largest absolute Gasteiger partial charge is 0.416 e. The molecule has 0 aliphatic carbocycles. The summed E-state index contributed by atoms with van der Waals surface area (Å²) in [6.07, 6.45) is -8.82. The highest BCUT2D eigenvalue weighted by atomic mass is 19.4. The third-order valence-electron chi connectivity index (χ3n) is 5.39. The Morgan fingerprint density at radius 2 is 1.83 bits per heavy atom. The number of nitrogens with zero attached hydrogens (tertiary/aromatic N) is 2. The van der Waals surface area contributed by atoms with Crippen LogP contribution in [-0.2, 0) is 22.3 Å². The number of halogens is 6. The summed E-state index contributed by atoms with van der Waals surface area (Å²) in [7, 11) is 0. The van der Waals surface area contributed by atoms with Gasteiger partial charge in [0.05, 0.1) is 17.4 Å². The molecule has 3 rings (SSSR count). The number of alkyl halides is 6. The first kappa shape index (κ1) is 21.4. The zero-order valence-electron chi connectivity index (χ0n) is 15.4. The van der Waals surface area contributed by atoms with Gasteiger partial charge in [0.25, 0.3) is 0 Å². The van der Waals surface area contributed by atoms with Crippen molar-refractivity contribution in [3.63, 3.8) is 0 Å². The number of carbonyl (C=O) groups excluding carboxylic acids is 2. The molecule has 1 aromatic carbocycles. The van der Waals surface area contributed by atoms with E-state index in [0.717, 1.165) is 17.0 Å². The Labute approximate surface area is 163 Å². The predicted molar refractivity (Wildman–Crippen MR) is 90.3 cm³/mol. The molecule has 0 spiro atoms. The van der Waals surface area contributed by atoms with Crippen LogP contribution in [-0.4, -0.2) is 47.4 Å². The Hall–Kier alpha value is -2.26. The molecular formula is C19H20F6N2O2. The molecule has 0 aromatic heterocycles. The lowest BCUT2D eigenvalue weighted by Crippen LogP contribution is -2.47. The maximum atomic E-state index is 13.0. The standard InChI is InChI=1S/C19H20F6N2O2/c20-18(21,22)14-4-1-3-12(7-14)9-27-10-13(8-16(27)28)17(29)26-6-2-5-15(11-26)19(23,24)25/h1,3-4,7,13,15H,2,5-6,8-11H2/t13-,15-/m1/s1. The van der Waals surface area contributed by atoms with Gasteiger partial charge in [-0.2, -0.15) is 26.3 Å². The number of benzene rings is 1. The van der Waals surface area contributed by atoms with Crippen molar-refractivity contribution in [2.45, 2.75) is 38.2 Å². The Kier molecular flexibility index (Phi) is 5.82. The summed E-state index contributed by atoms with van der Waals surface area (Å²) >= 11 is 0. The van der Waals surface area contributed by atoms with Crippen LogP contribution < -0.4 is 0 Å². The summed E-state index contributed by atoms with van der Waals surface area (Å²) in [4.78, 5) is 27.3. The monoisotopic (exact) mass is 422 g/mol. The van der Waals surface area contributed by atoms with Gasteiger partial charge in [0.15, 0.2) is 0 Å². The number of likely N-dealkylation sites (tertiary alicyclic amines) is 2. The Morgan fingerprint density at radius 3 is 2.48 bits per heavy atom. The SMILES string of the molecule is O=C1C[C@@H](C(=O)N2CCC[C@@H](C(F)(F)F)C2)CN1Cc1cccc(C(F)(F)F)c1. The second-order valence-electron chi connectivity index (χ2n) is 7.54. The van der Waals surface area contributed by atoms with Crippen LogP contribution in [0.1, 0.15) is 30.4 Å². The van der Waals surface area contributed by atoms with Gasteiger partial charge >= 0.3 is 12.4 Å².